The molecule has 7 heteroatoms. The van der Waals surface area contributed by atoms with Crippen LogP contribution in [-0.2, 0) is 11.3 Å². The minimum Gasteiger partial charge on any atom is -0.374 e. The second-order valence-electron chi connectivity index (χ2n) is 6.39. The molecule has 1 atom stereocenters. The molecule has 25 heavy (non-hydrogen) atoms. The van der Waals surface area contributed by atoms with Crippen LogP contribution in [0.4, 0.5) is 0 Å². The molecule has 1 amide bonds. The van der Waals surface area contributed by atoms with E-state index in [4.69, 9.17) is 4.74 Å². The second kappa shape index (κ2) is 6.68. The maximum Gasteiger partial charge on any atom is 0.255 e. The fourth-order valence-electron chi connectivity index (χ4n) is 3.23. The summed E-state index contributed by atoms with van der Waals surface area (Å²) in [5.74, 6) is 0.0317. The van der Waals surface area contributed by atoms with Crippen LogP contribution in [0.5, 0.6) is 0 Å². The molecule has 0 bridgehead atoms. The van der Waals surface area contributed by atoms with Crippen LogP contribution in [0.1, 0.15) is 22.5 Å². The number of hydrogen-bond acceptors (Lipinski definition) is 4. The molecular formula is C18H21N5O2. The SMILES string of the molecule is Cc1cn2cc(C(=O)N3CCCOC(Cn4cccn4)C3)ccc2n1. The lowest BCUT2D eigenvalue weighted by Gasteiger charge is -2.24. The Hall–Kier alpha value is -2.67. The number of rotatable bonds is 3. The van der Waals surface area contributed by atoms with E-state index < -0.39 is 0 Å². The molecule has 1 unspecified atom stereocenters. The van der Waals surface area contributed by atoms with Crippen LogP contribution in [0.15, 0.2) is 43.0 Å². The third-order valence-electron chi connectivity index (χ3n) is 4.41. The van der Waals surface area contributed by atoms with Crippen LogP contribution in [0.25, 0.3) is 5.65 Å². The first-order valence-corrected chi connectivity index (χ1v) is 8.53. The molecule has 130 valence electrons. The van der Waals surface area contributed by atoms with Gasteiger partial charge in [-0.05, 0) is 31.5 Å². The van der Waals surface area contributed by atoms with Crippen molar-refractivity contribution in [2.45, 2.75) is 26.0 Å². The average molecular weight is 339 g/mol. The highest BCUT2D eigenvalue weighted by atomic mass is 16.5. The van der Waals surface area contributed by atoms with Crippen LogP contribution >= 0.6 is 0 Å². The molecule has 1 aliphatic rings. The summed E-state index contributed by atoms with van der Waals surface area (Å²) in [5, 5.41) is 4.23. The molecule has 7 nitrogen and oxygen atoms in total. The molecule has 4 heterocycles. The largest absolute Gasteiger partial charge is 0.374 e. The number of aromatic nitrogens is 4. The maximum atomic E-state index is 13.0. The number of amides is 1. The summed E-state index contributed by atoms with van der Waals surface area (Å²) in [6.45, 7) is 4.53. The number of imidazole rings is 1. The van der Waals surface area contributed by atoms with E-state index >= 15 is 0 Å². The third kappa shape index (κ3) is 3.41. The van der Waals surface area contributed by atoms with Crippen molar-refractivity contribution in [1.82, 2.24) is 24.1 Å². The Kier molecular flexibility index (Phi) is 4.23. The predicted octanol–water partition coefficient (Wildman–Crippen LogP) is 1.77. The molecule has 0 radical (unpaired) electrons. The summed E-state index contributed by atoms with van der Waals surface area (Å²) in [7, 11) is 0. The van der Waals surface area contributed by atoms with Crippen LogP contribution in [0.3, 0.4) is 0 Å². The Bertz CT molecular complexity index is 871. The van der Waals surface area contributed by atoms with Crippen molar-refractivity contribution in [3.63, 3.8) is 0 Å². The molecular weight excluding hydrogens is 318 g/mol. The lowest BCUT2D eigenvalue weighted by atomic mass is 10.2. The Balaban J connectivity index is 1.52. The van der Waals surface area contributed by atoms with Gasteiger partial charge in [0.25, 0.3) is 5.91 Å². The van der Waals surface area contributed by atoms with E-state index in [9.17, 15) is 4.79 Å². The number of carbonyl (C=O) groups is 1. The van der Waals surface area contributed by atoms with Crippen molar-refractivity contribution >= 4 is 11.6 Å². The second-order valence-corrected chi connectivity index (χ2v) is 6.39. The van der Waals surface area contributed by atoms with E-state index in [1.165, 1.54) is 0 Å². The predicted molar refractivity (Wildman–Crippen MR) is 92.4 cm³/mol. The summed E-state index contributed by atoms with van der Waals surface area (Å²) < 4.78 is 9.64. The van der Waals surface area contributed by atoms with E-state index in [2.05, 4.69) is 10.1 Å². The summed E-state index contributed by atoms with van der Waals surface area (Å²) in [6, 6.07) is 5.62. The minimum atomic E-state index is -0.0504. The zero-order valence-electron chi connectivity index (χ0n) is 14.2. The monoisotopic (exact) mass is 339 g/mol. The number of pyridine rings is 1. The lowest BCUT2D eigenvalue weighted by Crippen LogP contribution is -2.38. The number of fused-ring (bicyclic) bond motifs is 1. The summed E-state index contributed by atoms with van der Waals surface area (Å²) in [6.07, 6.45) is 8.24. The highest BCUT2D eigenvalue weighted by Crippen LogP contribution is 2.14. The van der Waals surface area contributed by atoms with Gasteiger partial charge < -0.3 is 14.0 Å². The highest BCUT2D eigenvalue weighted by molar-refractivity contribution is 5.94. The molecule has 0 aromatic carbocycles. The highest BCUT2D eigenvalue weighted by Gasteiger charge is 2.24. The quantitative estimate of drug-likeness (QED) is 0.729. The topological polar surface area (TPSA) is 64.7 Å². The van der Waals surface area contributed by atoms with Crippen molar-refractivity contribution in [3.8, 4) is 0 Å². The third-order valence-corrected chi connectivity index (χ3v) is 4.41. The van der Waals surface area contributed by atoms with Crippen LogP contribution in [0, 0.1) is 6.92 Å². The molecule has 3 aromatic heterocycles. The standard InChI is InChI=1S/C18H21N5O2/c1-14-10-22-11-15(4-5-17(22)20-14)18(24)21-7-3-9-25-16(12-21)13-23-8-2-6-19-23/h2,4-6,8,10-11,16H,3,7,9,12-13H2,1H3. The van der Waals surface area contributed by atoms with E-state index in [0.717, 1.165) is 17.8 Å². The first kappa shape index (κ1) is 15.8. The molecule has 0 N–H and O–H groups in total. The Morgan fingerprint density at radius 2 is 2.28 bits per heavy atom. The van der Waals surface area contributed by atoms with E-state index in [0.29, 0.717) is 31.8 Å². The summed E-state index contributed by atoms with van der Waals surface area (Å²) in [5.41, 5.74) is 2.46. The van der Waals surface area contributed by atoms with Gasteiger partial charge in [0, 0.05) is 44.5 Å². The Morgan fingerprint density at radius 3 is 3.12 bits per heavy atom. The van der Waals surface area contributed by atoms with Gasteiger partial charge in [0.15, 0.2) is 0 Å². The van der Waals surface area contributed by atoms with E-state index in [-0.39, 0.29) is 12.0 Å². The first-order valence-electron chi connectivity index (χ1n) is 8.53. The number of carbonyl (C=O) groups excluding carboxylic acids is 1. The smallest absolute Gasteiger partial charge is 0.255 e. The lowest BCUT2D eigenvalue weighted by molar-refractivity contribution is 0.0367. The number of ether oxygens (including phenoxy) is 1. The molecule has 1 saturated heterocycles. The van der Waals surface area contributed by atoms with Gasteiger partial charge in [0.05, 0.1) is 23.9 Å². The Morgan fingerprint density at radius 1 is 1.36 bits per heavy atom. The number of nitrogens with zero attached hydrogens (tertiary/aromatic N) is 5. The normalized spacial score (nSPS) is 18.4. The van der Waals surface area contributed by atoms with Crippen LogP contribution in [-0.4, -0.2) is 55.8 Å². The van der Waals surface area contributed by atoms with Gasteiger partial charge in [0.2, 0.25) is 0 Å². The van der Waals surface area contributed by atoms with Gasteiger partial charge in [-0.2, -0.15) is 5.10 Å². The van der Waals surface area contributed by atoms with Crippen molar-refractivity contribution in [2.24, 2.45) is 0 Å². The summed E-state index contributed by atoms with van der Waals surface area (Å²) in [4.78, 5) is 19.2. The summed E-state index contributed by atoms with van der Waals surface area (Å²) >= 11 is 0. The first-order chi connectivity index (χ1) is 12.2. The molecule has 1 fully saturated rings. The van der Waals surface area contributed by atoms with E-state index in [1.54, 1.807) is 6.20 Å². The fraction of sp³-hybridized carbons (Fsp3) is 0.389. The minimum absolute atomic E-state index is 0.0317. The van der Waals surface area contributed by atoms with Gasteiger partial charge in [-0.1, -0.05) is 0 Å². The fourth-order valence-corrected chi connectivity index (χ4v) is 3.23. The zero-order chi connectivity index (χ0) is 17.2. The van der Waals surface area contributed by atoms with Gasteiger partial charge in [-0.3, -0.25) is 9.48 Å². The number of hydrogen-bond donors (Lipinski definition) is 0. The van der Waals surface area contributed by atoms with Gasteiger partial charge in [0.1, 0.15) is 5.65 Å². The van der Waals surface area contributed by atoms with E-state index in [1.807, 2.05) is 57.7 Å². The Labute approximate surface area is 145 Å². The van der Waals surface area contributed by atoms with Gasteiger partial charge >= 0.3 is 0 Å². The van der Waals surface area contributed by atoms with Crippen LogP contribution in [0.2, 0.25) is 0 Å². The zero-order valence-corrected chi connectivity index (χ0v) is 14.2. The molecule has 4 rings (SSSR count). The van der Waals surface area contributed by atoms with Gasteiger partial charge in [-0.25, -0.2) is 4.98 Å². The molecule has 0 aliphatic carbocycles. The van der Waals surface area contributed by atoms with Gasteiger partial charge in [-0.15, -0.1) is 0 Å². The van der Waals surface area contributed by atoms with Crippen LogP contribution < -0.4 is 0 Å². The van der Waals surface area contributed by atoms with Crippen molar-refractivity contribution in [1.29, 1.82) is 0 Å². The maximum absolute atomic E-state index is 13.0. The molecule has 1 aliphatic heterocycles. The average Bonchev–Trinajstić information content (AvgIpc) is 3.17. The molecule has 0 spiro atoms. The molecule has 0 saturated carbocycles. The van der Waals surface area contributed by atoms with Crippen molar-refractivity contribution < 1.29 is 9.53 Å². The molecule has 3 aromatic rings. The number of aryl methyl sites for hydroxylation is 1. The van der Waals surface area contributed by atoms with Crippen molar-refractivity contribution in [3.05, 3.63) is 54.2 Å². The van der Waals surface area contributed by atoms with Crippen molar-refractivity contribution in [2.75, 3.05) is 19.7 Å².